The van der Waals surface area contributed by atoms with Crippen LogP contribution in [0, 0.1) is 17.3 Å². The predicted molar refractivity (Wildman–Crippen MR) is 70.9 cm³/mol. The number of piperidine rings is 1. The Hall–Kier alpha value is -0.120. The molecule has 0 aromatic rings. The van der Waals surface area contributed by atoms with E-state index in [-0.39, 0.29) is 0 Å². The Kier molecular flexibility index (Phi) is 4.45. The van der Waals surface area contributed by atoms with E-state index < -0.39 is 0 Å². The third kappa shape index (κ3) is 3.01. The van der Waals surface area contributed by atoms with Gasteiger partial charge in [-0.3, -0.25) is 0 Å². The lowest BCUT2D eigenvalue weighted by Crippen LogP contribution is -2.52. The lowest BCUT2D eigenvalue weighted by atomic mass is 9.65. The highest BCUT2D eigenvalue weighted by Gasteiger charge is 2.46. The summed E-state index contributed by atoms with van der Waals surface area (Å²) in [5.74, 6) is 1.67. The number of hydrogen-bond donors (Lipinski definition) is 1. The molecule has 3 heteroatoms. The highest BCUT2D eigenvalue weighted by molar-refractivity contribution is 4.94. The molecule has 0 radical (unpaired) electrons. The van der Waals surface area contributed by atoms with Crippen molar-refractivity contribution in [2.24, 2.45) is 23.0 Å². The lowest BCUT2D eigenvalue weighted by molar-refractivity contribution is -0.164. The molecule has 0 spiro atoms. The van der Waals surface area contributed by atoms with Crippen molar-refractivity contribution < 1.29 is 4.74 Å². The third-order valence-corrected chi connectivity index (χ3v) is 4.49. The Morgan fingerprint density at radius 1 is 1.29 bits per heavy atom. The van der Waals surface area contributed by atoms with Crippen molar-refractivity contribution in [2.75, 3.05) is 39.4 Å². The van der Waals surface area contributed by atoms with E-state index in [1.165, 1.54) is 32.4 Å². The first-order valence-electron chi connectivity index (χ1n) is 7.16. The number of nitrogens with two attached hydrogens (primary N) is 1. The quantitative estimate of drug-likeness (QED) is 0.795. The normalized spacial score (nSPS) is 26.1. The molecule has 3 nitrogen and oxygen atoms in total. The van der Waals surface area contributed by atoms with Crippen LogP contribution in [0.1, 0.15) is 33.1 Å². The highest BCUT2D eigenvalue weighted by Crippen LogP contribution is 2.45. The van der Waals surface area contributed by atoms with Crippen LogP contribution in [0.2, 0.25) is 0 Å². The average Bonchev–Trinajstić information content (AvgIpc) is 2.25. The summed E-state index contributed by atoms with van der Waals surface area (Å²) in [5.41, 5.74) is 6.14. The molecular formula is C14H28N2O. The van der Waals surface area contributed by atoms with Crippen molar-refractivity contribution in [1.29, 1.82) is 0 Å². The molecule has 2 aliphatic rings. The molecule has 2 heterocycles. The van der Waals surface area contributed by atoms with Crippen LogP contribution in [0.3, 0.4) is 0 Å². The Morgan fingerprint density at radius 2 is 1.94 bits per heavy atom. The zero-order valence-corrected chi connectivity index (χ0v) is 11.5. The van der Waals surface area contributed by atoms with Crippen molar-refractivity contribution in [3.63, 3.8) is 0 Å². The topological polar surface area (TPSA) is 38.5 Å². The maximum atomic E-state index is 5.62. The number of ether oxygens (including phenoxy) is 1. The highest BCUT2D eigenvalue weighted by atomic mass is 16.5. The van der Waals surface area contributed by atoms with Gasteiger partial charge in [-0.15, -0.1) is 0 Å². The molecule has 0 aliphatic carbocycles. The van der Waals surface area contributed by atoms with Crippen molar-refractivity contribution in [3.05, 3.63) is 0 Å². The van der Waals surface area contributed by atoms with Crippen LogP contribution >= 0.6 is 0 Å². The van der Waals surface area contributed by atoms with Gasteiger partial charge in [0.15, 0.2) is 0 Å². The van der Waals surface area contributed by atoms with Crippen LogP contribution in [-0.4, -0.2) is 44.3 Å². The zero-order chi connectivity index (χ0) is 12.3. The molecule has 0 atom stereocenters. The molecule has 2 fully saturated rings. The molecule has 2 N–H and O–H groups in total. The number of likely N-dealkylation sites (tertiary alicyclic amines) is 1. The molecule has 2 rings (SSSR count). The fourth-order valence-electron chi connectivity index (χ4n) is 3.65. The van der Waals surface area contributed by atoms with Crippen molar-refractivity contribution in [1.82, 2.24) is 4.90 Å². The second kappa shape index (κ2) is 5.68. The fourth-order valence-corrected chi connectivity index (χ4v) is 3.65. The Morgan fingerprint density at radius 3 is 2.35 bits per heavy atom. The zero-order valence-electron chi connectivity index (χ0n) is 11.5. The smallest absolute Gasteiger partial charge is 0.0547 e. The van der Waals surface area contributed by atoms with E-state index in [0.29, 0.717) is 5.41 Å². The van der Waals surface area contributed by atoms with Crippen molar-refractivity contribution in [3.8, 4) is 0 Å². The van der Waals surface area contributed by atoms with Gasteiger partial charge in [-0.05, 0) is 44.2 Å². The maximum Gasteiger partial charge on any atom is 0.0547 e. The van der Waals surface area contributed by atoms with E-state index in [1.54, 1.807) is 0 Å². The Labute approximate surface area is 106 Å². The monoisotopic (exact) mass is 240 g/mol. The van der Waals surface area contributed by atoms with Crippen LogP contribution in [-0.2, 0) is 4.74 Å². The van der Waals surface area contributed by atoms with Gasteiger partial charge in [0.25, 0.3) is 0 Å². The van der Waals surface area contributed by atoms with Gasteiger partial charge < -0.3 is 15.4 Å². The summed E-state index contributed by atoms with van der Waals surface area (Å²) in [7, 11) is 0. The number of hydrogen-bond acceptors (Lipinski definition) is 3. The standard InChI is InChI=1S/C14H28N2O/c1-12(2)9-14(10-17-11-14)13-3-6-16(7-4-13)8-5-15/h12-13H,3-11,15H2,1-2H3. The minimum Gasteiger partial charge on any atom is -0.380 e. The number of nitrogens with zero attached hydrogens (tertiary/aromatic N) is 1. The molecule has 0 aromatic heterocycles. The fraction of sp³-hybridized carbons (Fsp3) is 1.00. The molecule has 0 saturated carbocycles. The summed E-state index contributed by atoms with van der Waals surface area (Å²) < 4.78 is 5.53. The second-order valence-electron chi connectivity index (χ2n) is 6.36. The van der Waals surface area contributed by atoms with Gasteiger partial charge in [0.1, 0.15) is 0 Å². The summed E-state index contributed by atoms with van der Waals surface area (Å²) in [6, 6.07) is 0. The molecule has 0 aromatic carbocycles. The maximum absolute atomic E-state index is 5.62. The summed E-state index contributed by atoms with van der Waals surface area (Å²) in [6.07, 6.45) is 4.03. The van der Waals surface area contributed by atoms with E-state index in [9.17, 15) is 0 Å². The van der Waals surface area contributed by atoms with Gasteiger partial charge in [-0.1, -0.05) is 13.8 Å². The van der Waals surface area contributed by atoms with E-state index in [0.717, 1.165) is 38.1 Å². The number of rotatable bonds is 5. The molecule has 0 unspecified atom stereocenters. The van der Waals surface area contributed by atoms with E-state index in [4.69, 9.17) is 10.5 Å². The second-order valence-corrected chi connectivity index (χ2v) is 6.36. The third-order valence-electron chi connectivity index (χ3n) is 4.49. The van der Waals surface area contributed by atoms with E-state index in [1.807, 2.05) is 0 Å². The first-order chi connectivity index (χ1) is 8.16. The molecule has 100 valence electrons. The lowest BCUT2D eigenvalue weighted by Gasteiger charge is -2.51. The molecule has 2 aliphatic heterocycles. The van der Waals surface area contributed by atoms with E-state index >= 15 is 0 Å². The minimum atomic E-state index is 0.517. The van der Waals surface area contributed by atoms with Crippen LogP contribution in [0.15, 0.2) is 0 Å². The van der Waals surface area contributed by atoms with Gasteiger partial charge in [-0.25, -0.2) is 0 Å². The molecule has 0 amide bonds. The van der Waals surface area contributed by atoms with Crippen molar-refractivity contribution in [2.45, 2.75) is 33.1 Å². The molecular weight excluding hydrogens is 212 g/mol. The van der Waals surface area contributed by atoms with Gasteiger partial charge in [0.2, 0.25) is 0 Å². The predicted octanol–water partition coefficient (Wildman–Crippen LogP) is 1.72. The van der Waals surface area contributed by atoms with Gasteiger partial charge in [0, 0.05) is 18.5 Å². The largest absolute Gasteiger partial charge is 0.380 e. The molecule has 2 saturated heterocycles. The van der Waals surface area contributed by atoms with Crippen LogP contribution in [0.5, 0.6) is 0 Å². The average molecular weight is 240 g/mol. The summed E-state index contributed by atoms with van der Waals surface area (Å²) >= 11 is 0. The first kappa shape index (κ1) is 13.3. The van der Waals surface area contributed by atoms with Crippen molar-refractivity contribution >= 4 is 0 Å². The first-order valence-corrected chi connectivity index (χ1v) is 7.16. The molecule has 0 bridgehead atoms. The minimum absolute atomic E-state index is 0.517. The summed E-state index contributed by atoms with van der Waals surface area (Å²) in [6.45, 7) is 11.0. The Balaban J connectivity index is 1.86. The Bertz CT molecular complexity index is 230. The van der Waals surface area contributed by atoms with E-state index in [2.05, 4.69) is 18.7 Å². The summed E-state index contributed by atoms with van der Waals surface area (Å²) in [4.78, 5) is 2.51. The van der Waals surface area contributed by atoms with Gasteiger partial charge in [-0.2, -0.15) is 0 Å². The van der Waals surface area contributed by atoms with Crippen LogP contribution in [0.25, 0.3) is 0 Å². The molecule has 17 heavy (non-hydrogen) atoms. The van der Waals surface area contributed by atoms with Crippen LogP contribution < -0.4 is 5.73 Å². The SMILES string of the molecule is CC(C)CC1(C2CCN(CCN)CC2)COC1. The summed E-state index contributed by atoms with van der Waals surface area (Å²) in [5, 5.41) is 0. The van der Waals surface area contributed by atoms with Gasteiger partial charge >= 0.3 is 0 Å². The van der Waals surface area contributed by atoms with Gasteiger partial charge in [0.05, 0.1) is 13.2 Å². The van der Waals surface area contributed by atoms with Crippen LogP contribution in [0.4, 0.5) is 0 Å².